The van der Waals surface area contributed by atoms with Crippen LogP contribution in [-0.2, 0) is 6.61 Å². The first kappa shape index (κ1) is 16.5. The quantitative estimate of drug-likeness (QED) is 0.938. The molecule has 1 aromatic heterocycles. The van der Waals surface area contributed by atoms with Crippen molar-refractivity contribution >= 4 is 5.91 Å². The van der Waals surface area contributed by atoms with Gasteiger partial charge in [-0.3, -0.25) is 9.78 Å². The van der Waals surface area contributed by atoms with Gasteiger partial charge in [-0.25, -0.2) is 0 Å². The van der Waals surface area contributed by atoms with Crippen LogP contribution in [-0.4, -0.2) is 41.0 Å². The fourth-order valence-corrected chi connectivity index (χ4v) is 3.04. The number of carbonyl (C=O) groups is 1. The molecule has 0 saturated carbocycles. The van der Waals surface area contributed by atoms with Gasteiger partial charge < -0.3 is 15.0 Å². The molecule has 1 aliphatic heterocycles. The van der Waals surface area contributed by atoms with E-state index < -0.39 is 0 Å². The highest BCUT2D eigenvalue weighted by atomic mass is 16.5. The summed E-state index contributed by atoms with van der Waals surface area (Å²) in [5.41, 5.74) is 1.67. The third-order valence-electron chi connectivity index (χ3n) is 4.05. The van der Waals surface area contributed by atoms with Gasteiger partial charge in [-0.05, 0) is 38.1 Å². The molecular formula is C19H23N3O2. The first-order valence-corrected chi connectivity index (χ1v) is 8.29. The maximum Gasteiger partial charge on any atom is 0.254 e. The molecule has 1 aliphatic rings. The molecule has 0 bridgehead atoms. The number of piperazine rings is 1. The van der Waals surface area contributed by atoms with Crippen LogP contribution >= 0.6 is 0 Å². The molecule has 1 fully saturated rings. The average Bonchev–Trinajstić information content (AvgIpc) is 2.59. The summed E-state index contributed by atoms with van der Waals surface area (Å²) in [5, 5.41) is 3.44. The minimum atomic E-state index is 0.0574. The van der Waals surface area contributed by atoms with Crippen molar-refractivity contribution in [3.63, 3.8) is 0 Å². The third kappa shape index (κ3) is 4.11. The Hall–Kier alpha value is -2.40. The van der Waals surface area contributed by atoms with E-state index in [0.717, 1.165) is 18.7 Å². The number of aromatic nitrogens is 1. The number of hydrogen-bond donors (Lipinski definition) is 1. The standard InChI is InChI=1S/C19H23N3O2/c1-14-11-22(12-15(2)21-14)19(23)17-6-3-7-18(9-17)24-13-16-5-4-8-20-10-16/h3-10,14-15,21H,11-13H2,1-2H3. The number of nitrogens with zero attached hydrogens (tertiary/aromatic N) is 2. The molecule has 2 heterocycles. The van der Waals surface area contributed by atoms with Gasteiger partial charge in [-0.2, -0.15) is 0 Å². The summed E-state index contributed by atoms with van der Waals surface area (Å²) in [4.78, 5) is 18.7. The monoisotopic (exact) mass is 325 g/mol. The number of ether oxygens (including phenoxy) is 1. The van der Waals surface area contributed by atoms with Gasteiger partial charge in [0.05, 0.1) is 0 Å². The Bertz CT molecular complexity index is 680. The van der Waals surface area contributed by atoms with Crippen molar-refractivity contribution in [2.45, 2.75) is 32.5 Å². The van der Waals surface area contributed by atoms with Gasteiger partial charge in [0.25, 0.3) is 5.91 Å². The average molecular weight is 325 g/mol. The van der Waals surface area contributed by atoms with Crippen molar-refractivity contribution in [3.8, 4) is 5.75 Å². The number of benzene rings is 1. The molecule has 0 spiro atoms. The summed E-state index contributed by atoms with van der Waals surface area (Å²) < 4.78 is 5.79. The van der Waals surface area contributed by atoms with Gasteiger partial charge >= 0.3 is 0 Å². The van der Waals surface area contributed by atoms with Crippen molar-refractivity contribution in [3.05, 3.63) is 59.9 Å². The Morgan fingerprint density at radius 2 is 2.04 bits per heavy atom. The lowest BCUT2D eigenvalue weighted by atomic mass is 10.1. The number of nitrogens with one attached hydrogen (secondary N) is 1. The molecule has 3 rings (SSSR count). The van der Waals surface area contributed by atoms with Crippen LogP contribution in [0.3, 0.4) is 0 Å². The second-order valence-corrected chi connectivity index (χ2v) is 6.36. The second-order valence-electron chi connectivity index (χ2n) is 6.36. The van der Waals surface area contributed by atoms with E-state index in [1.165, 1.54) is 0 Å². The Kier molecular flexibility index (Phi) is 5.11. The number of hydrogen-bond acceptors (Lipinski definition) is 4. The molecule has 1 aromatic carbocycles. The topological polar surface area (TPSA) is 54.5 Å². The predicted molar refractivity (Wildman–Crippen MR) is 93.0 cm³/mol. The highest BCUT2D eigenvalue weighted by molar-refractivity contribution is 5.94. The zero-order chi connectivity index (χ0) is 16.9. The van der Waals surface area contributed by atoms with Gasteiger partial charge in [0.1, 0.15) is 12.4 Å². The van der Waals surface area contributed by atoms with Crippen LogP contribution in [0.15, 0.2) is 48.8 Å². The van der Waals surface area contributed by atoms with E-state index in [1.54, 1.807) is 12.4 Å². The van der Waals surface area contributed by atoms with Crippen LogP contribution in [0.5, 0.6) is 5.75 Å². The summed E-state index contributed by atoms with van der Waals surface area (Å²) in [6, 6.07) is 11.9. The van der Waals surface area contributed by atoms with Gasteiger partial charge in [0, 0.05) is 48.7 Å². The smallest absolute Gasteiger partial charge is 0.254 e. The molecule has 1 amide bonds. The predicted octanol–water partition coefficient (Wildman–Crippen LogP) is 2.48. The summed E-state index contributed by atoms with van der Waals surface area (Å²) in [5.74, 6) is 0.753. The van der Waals surface area contributed by atoms with Crippen LogP contribution < -0.4 is 10.1 Å². The van der Waals surface area contributed by atoms with Crippen molar-refractivity contribution in [2.75, 3.05) is 13.1 Å². The fourth-order valence-electron chi connectivity index (χ4n) is 3.04. The Labute approximate surface area is 142 Å². The molecule has 0 radical (unpaired) electrons. The Morgan fingerprint density at radius 1 is 1.25 bits per heavy atom. The number of carbonyl (C=O) groups excluding carboxylic acids is 1. The third-order valence-corrected chi connectivity index (χ3v) is 4.05. The second kappa shape index (κ2) is 7.45. The molecule has 1 N–H and O–H groups in total. The van der Waals surface area contributed by atoms with Gasteiger partial charge in [0.15, 0.2) is 0 Å². The minimum absolute atomic E-state index is 0.0574. The van der Waals surface area contributed by atoms with E-state index in [2.05, 4.69) is 24.1 Å². The molecule has 24 heavy (non-hydrogen) atoms. The number of rotatable bonds is 4. The molecule has 0 aliphatic carbocycles. The maximum atomic E-state index is 12.7. The van der Waals surface area contributed by atoms with E-state index in [0.29, 0.717) is 30.0 Å². The molecule has 2 aromatic rings. The van der Waals surface area contributed by atoms with Crippen LogP contribution in [0.1, 0.15) is 29.8 Å². The molecule has 1 saturated heterocycles. The summed E-state index contributed by atoms with van der Waals surface area (Å²) in [7, 11) is 0. The van der Waals surface area contributed by atoms with Crippen molar-refractivity contribution in [1.82, 2.24) is 15.2 Å². The molecular weight excluding hydrogens is 302 g/mol. The summed E-state index contributed by atoms with van der Waals surface area (Å²) in [6.45, 7) is 6.09. The van der Waals surface area contributed by atoms with Crippen LogP contribution in [0.4, 0.5) is 0 Å². The fraction of sp³-hybridized carbons (Fsp3) is 0.368. The van der Waals surface area contributed by atoms with E-state index in [4.69, 9.17) is 4.74 Å². The minimum Gasteiger partial charge on any atom is -0.489 e. The lowest BCUT2D eigenvalue weighted by molar-refractivity contribution is 0.0673. The van der Waals surface area contributed by atoms with E-state index >= 15 is 0 Å². The van der Waals surface area contributed by atoms with E-state index in [-0.39, 0.29) is 5.91 Å². The van der Waals surface area contributed by atoms with E-state index in [9.17, 15) is 4.79 Å². The summed E-state index contributed by atoms with van der Waals surface area (Å²) >= 11 is 0. The molecule has 126 valence electrons. The maximum absolute atomic E-state index is 12.7. The van der Waals surface area contributed by atoms with Crippen molar-refractivity contribution in [1.29, 1.82) is 0 Å². The highest BCUT2D eigenvalue weighted by Gasteiger charge is 2.25. The Morgan fingerprint density at radius 3 is 2.75 bits per heavy atom. The van der Waals surface area contributed by atoms with Gasteiger partial charge in [0.2, 0.25) is 0 Å². The molecule has 5 nitrogen and oxygen atoms in total. The van der Waals surface area contributed by atoms with Crippen molar-refractivity contribution in [2.24, 2.45) is 0 Å². The van der Waals surface area contributed by atoms with Crippen LogP contribution in [0.25, 0.3) is 0 Å². The first-order chi connectivity index (χ1) is 11.6. The molecule has 5 heteroatoms. The SMILES string of the molecule is CC1CN(C(=O)c2cccc(OCc3cccnc3)c2)CC(C)N1. The zero-order valence-electron chi connectivity index (χ0n) is 14.1. The highest BCUT2D eigenvalue weighted by Crippen LogP contribution is 2.18. The lowest BCUT2D eigenvalue weighted by Gasteiger charge is -2.36. The normalized spacial score (nSPS) is 20.7. The number of pyridine rings is 1. The largest absolute Gasteiger partial charge is 0.489 e. The van der Waals surface area contributed by atoms with Crippen molar-refractivity contribution < 1.29 is 9.53 Å². The lowest BCUT2D eigenvalue weighted by Crippen LogP contribution is -2.55. The molecule has 2 unspecified atom stereocenters. The van der Waals surface area contributed by atoms with Crippen LogP contribution in [0.2, 0.25) is 0 Å². The summed E-state index contributed by atoms with van der Waals surface area (Å²) in [6.07, 6.45) is 3.51. The van der Waals surface area contributed by atoms with Crippen LogP contribution in [0, 0.1) is 0 Å². The molecule has 2 atom stereocenters. The van der Waals surface area contributed by atoms with E-state index in [1.807, 2.05) is 41.3 Å². The Balaban J connectivity index is 1.67. The van der Waals surface area contributed by atoms with Gasteiger partial charge in [-0.1, -0.05) is 12.1 Å². The van der Waals surface area contributed by atoms with Gasteiger partial charge in [-0.15, -0.1) is 0 Å². The zero-order valence-corrected chi connectivity index (χ0v) is 14.1. The first-order valence-electron chi connectivity index (χ1n) is 8.29. The number of amides is 1.